The van der Waals surface area contributed by atoms with Crippen LogP contribution in [0.1, 0.15) is 22.3 Å². The van der Waals surface area contributed by atoms with Crippen molar-refractivity contribution in [2.24, 2.45) is 0 Å². The van der Waals surface area contributed by atoms with E-state index >= 15 is 0 Å². The van der Waals surface area contributed by atoms with Gasteiger partial charge in [-0.15, -0.1) is 11.3 Å². The lowest BCUT2D eigenvalue weighted by atomic mass is 9.69. The molecule has 12 aromatic rings. The molecule has 3 heteroatoms. The summed E-state index contributed by atoms with van der Waals surface area (Å²) in [6.07, 6.45) is 0. The highest BCUT2D eigenvalue weighted by molar-refractivity contribution is 7.22. The number of nitrogens with zero attached hydrogens (tertiary/aromatic N) is 2. The van der Waals surface area contributed by atoms with Crippen molar-refractivity contribution in [2.45, 2.75) is 5.41 Å². The molecular formula is C69H46N2S. The Hall–Kier alpha value is -9.02. The Morgan fingerprint density at radius 2 is 0.708 bits per heavy atom. The van der Waals surface area contributed by atoms with Crippen LogP contribution in [-0.4, -0.2) is 0 Å². The normalized spacial score (nSPS) is 13.9. The topological polar surface area (TPSA) is 6.48 Å². The largest absolute Gasteiger partial charge is 0.311 e. The minimum Gasteiger partial charge on any atom is -0.311 e. The summed E-state index contributed by atoms with van der Waals surface area (Å²) in [7, 11) is 0. The van der Waals surface area contributed by atoms with Gasteiger partial charge in [-0.05, 0) is 163 Å². The molecule has 1 heterocycles. The van der Waals surface area contributed by atoms with Crippen LogP contribution in [0, 0.1) is 0 Å². The van der Waals surface area contributed by atoms with Crippen LogP contribution >= 0.6 is 11.3 Å². The molecule has 0 saturated heterocycles. The molecule has 1 unspecified atom stereocenters. The first-order chi connectivity index (χ1) is 35.7. The van der Waals surface area contributed by atoms with E-state index in [-0.39, 0.29) is 0 Å². The van der Waals surface area contributed by atoms with Gasteiger partial charge in [-0.1, -0.05) is 194 Å². The fourth-order valence-corrected chi connectivity index (χ4v) is 13.1. The van der Waals surface area contributed by atoms with Crippen LogP contribution in [0.5, 0.6) is 0 Å². The fourth-order valence-electron chi connectivity index (χ4n) is 11.8. The summed E-state index contributed by atoms with van der Waals surface area (Å²) in [5, 5.41) is 1.33. The first-order valence-corrected chi connectivity index (χ1v) is 25.6. The summed E-state index contributed by atoms with van der Waals surface area (Å²) in [6, 6.07) is 102. The Morgan fingerprint density at radius 1 is 0.278 bits per heavy atom. The van der Waals surface area contributed by atoms with Crippen LogP contribution in [-0.2, 0) is 5.41 Å². The second-order valence-corrected chi connectivity index (χ2v) is 19.8. The monoisotopic (exact) mass is 934 g/mol. The summed E-state index contributed by atoms with van der Waals surface area (Å²) in [5.74, 6) is 0. The second-order valence-electron chi connectivity index (χ2n) is 18.8. The van der Waals surface area contributed by atoms with Gasteiger partial charge in [0.15, 0.2) is 0 Å². The van der Waals surface area contributed by atoms with E-state index in [9.17, 15) is 0 Å². The van der Waals surface area contributed by atoms with Crippen LogP contribution < -0.4 is 9.80 Å². The van der Waals surface area contributed by atoms with Crippen molar-refractivity contribution in [3.8, 4) is 54.9 Å². The zero-order chi connectivity index (χ0) is 47.6. The lowest BCUT2D eigenvalue weighted by Gasteiger charge is -2.31. The Balaban J connectivity index is 0.896. The molecular weight excluding hydrogens is 889 g/mol. The van der Waals surface area contributed by atoms with Crippen molar-refractivity contribution >= 4 is 55.5 Å². The summed E-state index contributed by atoms with van der Waals surface area (Å²) in [4.78, 5) is 6.04. The molecule has 0 saturated carbocycles. The van der Waals surface area contributed by atoms with Crippen LogP contribution in [0.4, 0.5) is 34.1 Å². The summed E-state index contributed by atoms with van der Waals surface area (Å²) in [6.45, 7) is 0. The zero-order valence-corrected chi connectivity index (χ0v) is 40.2. The number of thiophene rings is 1. The predicted molar refractivity (Wildman–Crippen MR) is 304 cm³/mol. The van der Waals surface area contributed by atoms with Gasteiger partial charge in [0, 0.05) is 43.7 Å². The van der Waals surface area contributed by atoms with Crippen molar-refractivity contribution in [1.82, 2.24) is 0 Å². The third-order valence-corrected chi connectivity index (χ3v) is 16.1. The molecule has 338 valence electrons. The van der Waals surface area contributed by atoms with Crippen LogP contribution in [0.25, 0.3) is 65.0 Å². The van der Waals surface area contributed by atoms with E-state index < -0.39 is 5.41 Å². The number of hydrogen-bond acceptors (Lipinski definition) is 3. The van der Waals surface area contributed by atoms with Crippen LogP contribution in [0.2, 0.25) is 0 Å². The van der Waals surface area contributed by atoms with E-state index in [1.807, 2.05) is 11.3 Å². The summed E-state index contributed by atoms with van der Waals surface area (Å²) < 4.78 is 1.32. The van der Waals surface area contributed by atoms with Gasteiger partial charge in [0.05, 0.1) is 5.41 Å². The Morgan fingerprint density at radius 3 is 1.31 bits per heavy atom. The highest BCUT2D eigenvalue weighted by Gasteiger charge is 2.54. The average molecular weight is 935 g/mol. The maximum Gasteiger partial charge on any atom is 0.0740 e. The highest BCUT2D eigenvalue weighted by Crippen LogP contribution is 2.67. The van der Waals surface area contributed by atoms with E-state index in [1.165, 1.54) is 87.3 Å². The Bertz CT molecular complexity index is 3900. The third-order valence-electron chi connectivity index (χ3n) is 14.9. The third kappa shape index (κ3) is 6.62. The van der Waals surface area contributed by atoms with E-state index in [0.717, 1.165) is 34.1 Å². The Labute approximate surface area is 424 Å². The van der Waals surface area contributed by atoms with Crippen molar-refractivity contribution in [3.05, 3.63) is 301 Å². The molecule has 14 rings (SSSR count). The second kappa shape index (κ2) is 17.1. The van der Waals surface area contributed by atoms with Crippen molar-refractivity contribution < 1.29 is 0 Å². The zero-order valence-electron chi connectivity index (χ0n) is 39.4. The molecule has 2 nitrogen and oxygen atoms in total. The Kier molecular flexibility index (Phi) is 9.97. The molecule has 0 aliphatic heterocycles. The number of anilines is 6. The number of benzene rings is 11. The van der Waals surface area contributed by atoms with Gasteiger partial charge in [-0.3, -0.25) is 0 Å². The summed E-state index contributed by atoms with van der Waals surface area (Å²) >= 11 is 1.93. The van der Waals surface area contributed by atoms with Gasteiger partial charge in [0.1, 0.15) is 0 Å². The smallest absolute Gasteiger partial charge is 0.0740 e. The lowest BCUT2D eigenvalue weighted by Crippen LogP contribution is -2.26. The van der Waals surface area contributed by atoms with E-state index in [2.05, 4.69) is 289 Å². The van der Waals surface area contributed by atoms with Crippen molar-refractivity contribution in [1.29, 1.82) is 0 Å². The molecule has 1 aromatic heterocycles. The van der Waals surface area contributed by atoms with Crippen molar-refractivity contribution in [3.63, 3.8) is 0 Å². The van der Waals surface area contributed by atoms with Gasteiger partial charge in [-0.2, -0.15) is 0 Å². The van der Waals surface area contributed by atoms with E-state index in [0.29, 0.717) is 0 Å². The standard InChI is InChI=1S/C69H46N2S/c1-5-18-47(19-6-1)48-32-39-55(40-33-48)71(54-24-11-4-12-25-54)56-41-34-49(35-42-56)51-38-45-60-64(46-51)69(67-61-27-14-16-31-65(61)72-68(60)67)62-29-15-13-26-59(62)66-58(28-17-30-63(66)69)50-36-43-57(44-37-50)70(52-20-7-2-8-21-52)53-22-9-3-10-23-53/h1-46H. The molecule has 0 N–H and O–H groups in total. The molecule has 72 heavy (non-hydrogen) atoms. The van der Waals surface area contributed by atoms with Gasteiger partial charge in [0.25, 0.3) is 0 Å². The van der Waals surface area contributed by atoms with Gasteiger partial charge >= 0.3 is 0 Å². The molecule has 0 amide bonds. The molecule has 0 fully saturated rings. The minimum absolute atomic E-state index is 0.518. The van der Waals surface area contributed by atoms with Crippen LogP contribution in [0.3, 0.4) is 0 Å². The molecule has 1 spiro atoms. The average Bonchev–Trinajstić information content (AvgIpc) is 4.09. The number of rotatable bonds is 9. The number of para-hydroxylation sites is 3. The SMILES string of the molecule is c1ccc(-c2ccc(N(c3ccccc3)c3ccc(-c4ccc5c(c4)C4(c6ccccc6-c6c(-c7ccc(N(c8ccccc8)c8ccccc8)cc7)cccc64)c4c-5sc5ccccc45)cc3)cc2)cc1. The van der Waals surface area contributed by atoms with E-state index in [1.54, 1.807) is 0 Å². The van der Waals surface area contributed by atoms with Crippen molar-refractivity contribution in [2.75, 3.05) is 9.80 Å². The van der Waals surface area contributed by atoms with Gasteiger partial charge < -0.3 is 9.80 Å². The first kappa shape index (κ1) is 41.9. The molecule has 2 aliphatic carbocycles. The maximum atomic E-state index is 2.51. The molecule has 1 atom stereocenters. The lowest BCUT2D eigenvalue weighted by molar-refractivity contribution is 0.803. The molecule has 0 radical (unpaired) electrons. The quantitative estimate of drug-likeness (QED) is 0.142. The van der Waals surface area contributed by atoms with Crippen LogP contribution in [0.15, 0.2) is 279 Å². The molecule has 11 aromatic carbocycles. The fraction of sp³-hybridized carbons (Fsp3) is 0.0145. The first-order valence-electron chi connectivity index (χ1n) is 24.7. The van der Waals surface area contributed by atoms with Gasteiger partial charge in [0.2, 0.25) is 0 Å². The minimum atomic E-state index is -0.518. The number of fused-ring (bicyclic) bond motifs is 12. The number of hydrogen-bond donors (Lipinski definition) is 0. The van der Waals surface area contributed by atoms with Gasteiger partial charge in [-0.25, -0.2) is 0 Å². The highest BCUT2D eigenvalue weighted by atomic mass is 32.1. The molecule has 0 bridgehead atoms. The maximum absolute atomic E-state index is 2.51. The molecule has 2 aliphatic rings. The van der Waals surface area contributed by atoms with E-state index in [4.69, 9.17) is 0 Å². The summed E-state index contributed by atoms with van der Waals surface area (Å²) in [5.41, 5.74) is 22.8. The predicted octanol–water partition coefficient (Wildman–Crippen LogP) is 19.2.